The second kappa shape index (κ2) is 9.94. The summed E-state index contributed by atoms with van der Waals surface area (Å²) in [4.78, 5) is 0. The molecule has 1 heterocycles. The molecule has 0 radical (unpaired) electrons. The molecule has 6 nitrogen and oxygen atoms in total. The summed E-state index contributed by atoms with van der Waals surface area (Å²) in [5, 5.41) is 20.2. The van der Waals surface area contributed by atoms with Crippen LogP contribution in [0.1, 0.15) is 11.1 Å². The van der Waals surface area contributed by atoms with Crippen molar-refractivity contribution in [2.45, 2.75) is 43.9 Å². The van der Waals surface area contributed by atoms with E-state index in [1.807, 2.05) is 60.7 Å². The highest BCUT2D eigenvalue weighted by molar-refractivity contribution is 5.14. The molecule has 0 spiro atoms. The van der Waals surface area contributed by atoms with Gasteiger partial charge in [0.1, 0.15) is 24.4 Å². The second-order valence-corrected chi connectivity index (χ2v) is 6.52. The Labute approximate surface area is 159 Å². The van der Waals surface area contributed by atoms with Crippen LogP contribution in [0.3, 0.4) is 0 Å². The summed E-state index contributed by atoms with van der Waals surface area (Å²) in [5.41, 5.74) is 2.04. The van der Waals surface area contributed by atoms with Crippen molar-refractivity contribution in [2.24, 2.45) is 0 Å². The summed E-state index contributed by atoms with van der Waals surface area (Å²) >= 11 is 0. The molecule has 0 saturated carbocycles. The topological polar surface area (TPSA) is 77.4 Å². The van der Waals surface area contributed by atoms with Crippen molar-refractivity contribution in [3.05, 3.63) is 71.8 Å². The molecule has 2 aromatic rings. The zero-order valence-corrected chi connectivity index (χ0v) is 15.3. The summed E-state index contributed by atoms with van der Waals surface area (Å²) in [6, 6.07) is 19.5. The van der Waals surface area contributed by atoms with E-state index in [9.17, 15) is 10.2 Å². The van der Waals surface area contributed by atoms with Gasteiger partial charge in [0.05, 0.1) is 19.8 Å². The Morgan fingerprint density at radius 1 is 0.852 bits per heavy atom. The monoisotopic (exact) mass is 374 g/mol. The molecule has 6 heteroatoms. The third-order valence-corrected chi connectivity index (χ3v) is 4.58. The number of methoxy groups -OCH3 is 1. The van der Waals surface area contributed by atoms with Crippen LogP contribution in [-0.4, -0.2) is 54.6 Å². The van der Waals surface area contributed by atoms with Gasteiger partial charge in [0, 0.05) is 7.11 Å². The molecule has 0 bridgehead atoms. The van der Waals surface area contributed by atoms with Crippen molar-refractivity contribution in [3.63, 3.8) is 0 Å². The molecule has 0 amide bonds. The number of benzene rings is 2. The smallest absolute Gasteiger partial charge is 0.184 e. The number of rotatable bonds is 8. The van der Waals surface area contributed by atoms with Gasteiger partial charge in [-0.2, -0.15) is 0 Å². The van der Waals surface area contributed by atoms with Crippen LogP contribution in [0.5, 0.6) is 0 Å². The second-order valence-electron chi connectivity index (χ2n) is 6.52. The summed E-state index contributed by atoms with van der Waals surface area (Å²) in [6.07, 6.45) is -4.41. The van der Waals surface area contributed by atoms with Crippen LogP contribution in [-0.2, 0) is 32.2 Å². The highest BCUT2D eigenvalue weighted by Crippen LogP contribution is 2.26. The largest absolute Gasteiger partial charge is 0.385 e. The molecule has 3 rings (SSSR count). The molecule has 0 unspecified atom stereocenters. The van der Waals surface area contributed by atoms with Crippen molar-refractivity contribution < 1.29 is 29.2 Å². The molecule has 1 saturated heterocycles. The van der Waals surface area contributed by atoms with Gasteiger partial charge in [-0.05, 0) is 11.1 Å². The number of aliphatic hydroxyl groups excluding tert-OH is 2. The third-order valence-electron chi connectivity index (χ3n) is 4.58. The molecule has 0 aliphatic carbocycles. The fourth-order valence-corrected chi connectivity index (χ4v) is 3.15. The Kier molecular flexibility index (Phi) is 7.34. The highest BCUT2D eigenvalue weighted by atomic mass is 16.7. The summed E-state index contributed by atoms with van der Waals surface area (Å²) in [5.74, 6) is 0. The summed E-state index contributed by atoms with van der Waals surface area (Å²) in [6.45, 7) is 0.965. The van der Waals surface area contributed by atoms with Crippen molar-refractivity contribution >= 4 is 0 Å². The lowest BCUT2D eigenvalue weighted by Gasteiger charge is -2.42. The van der Waals surface area contributed by atoms with E-state index in [0.717, 1.165) is 11.1 Å². The first kappa shape index (κ1) is 19.9. The third kappa shape index (κ3) is 5.35. The van der Waals surface area contributed by atoms with Crippen LogP contribution >= 0.6 is 0 Å². The molecule has 5 atom stereocenters. The minimum absolute atomic E-state index is 0.206. The molecule has 0 aromatic heterocycles. The lowest BCUT2D eigenvalue weighted by atomic mass is 9.98. The van der Waals surface area contributed by atoms with Crippen molar-refractivity contribution in [1.29, 1.82) is 0 Å². The first-order valence-electron chi connectivity index (χ1n) is 9.00. The number of hydrogen-bond donors (Lipinski definition) is 2. The zero-order valence-electron chi connectivity index (χ0n) is 15.3. The van der Waals surface area contributed by atoms with Crippen LogP contribution in [0, 0.1) is 0 Å². The molecule has 1 fully saturated rings. The lowest BCUT2D eigenvalue weighted by Crippen LogP contribution is -2.60. The Balaban J connectivity index is 1.63. The Hall–Kier alpha value is -1.80. The standard InChI is InChI=1S/C21H26O6/c1-24-20-18(22)21(23)27-17(14-25-12-15-8-4-2-5-9-15)19(20)26-13-16-10-6-3-7-11-16/h2-11,17-23H,12-14H2,1H3/t17-,18-,19+,20-,21-/m1/s1. The van der Waals surface area contributed by atoms with Gasteiger partial charge in [-0.15, -0.1) is 0 Å². The van der Waals surface area contributed by atoms with Gasteiger partial charge < -0.3 is 29.2 Å². The van der Waals surface area contributed by atoms with Gasteiger partial charge in [-0.3, -0.25) is 0 Å². The molecule has 1 aliphatic heterocycles. The number of hydrogen-bond acceptors (Lipinski definition) is 6. The van der Waals surface area contributed by atoms with Gasteiger partial charge in [0.15, 0.2) is 6.29 Å². The van der Waals surface area contributed by atoms with Crippen molar-refractivity contribution in [3.8, 4) is 0 Å². The molecular weight excluding hydrogens is 348 g/mol. The van der Waals surface area contributed by atoms with Crippen LogP contribution in [0.25, 0.3) is 0 Å². The van der Waals surface area contributed by atoms with E-state index in [-0.39, 0.29) is 6.61 Å². The number of aliphatic hydroxyl groups is 2. The molecule has 27 heavy (non-hydrogen) atoms. The predicted octanol–water partition coefficient (Wildman–Crippen LogP) is 1.88. The predicted molar refractivity (Wildman–Crippen MR) is 98.8 cm³/mol. The van der Waals surface area contributed by atoms with Crippen molar-refractivity contribution in [2.75, 3.05) is 13.7 Å². The maximum absolute atomic E-state index is 10.2. The van der Waals surface area contributed by atoms with Crippen molar-refractivity contribution in [1.82, 2.24) is 0 Å². The highest BCUT2D eigenvalue weighted by Gasteiger charge is 2.45. The van der Waals surface area contributed by atoms with Crippen LogP contribution in [0.15, 0.2) is 60.7 Å². The van der Waals surface area contributed by atoms with Gasteiger partial charge >= 0.3 is 0 Å². The van der Waals surface area contributed by atoms with E-state index in [0.29, 0.717) is 13.2 Å². The molecular formula is C21H26O6. The Bertz CT molecular complexity index is 665. The molecule has 2 N–H and O–H groups in total. The number of ether oxygens (including phenoxy) is 4. The van der Waals surface area contributed by atoms with Gasteiger partial charge in [0.25, 0.3) is 0 Å². The van der Waals surface area contributed by atoms with E-state index in [2.05, 4.69) is 0 Å². The average molecular weight is 374 g/mol. The SMILES string of the molecule is CO[C@@H]1[C@@H](O)[C@H](O)O[C@H](COCc2ccccc2)[C@@H]1OCc1ccccc1. The Morgan fingerprint density at radius 2 is 1.44 bits per heavy atom. The van der Waals surface area contributed by atoms with Crippen LogP contribution in [0.4, 0.5) is 0 Å². The minimum Gasteiger partial charge on any atom is -0.385 e. The quantitative estimate of drug-likeness (QED) is 0.735. The lowest BCUT2D eigenvalue weighted by molar-refractivity contribution is -0.302. The average Bonchev–Trinajstić information content (AvgIpc) is 2.71. The first-order chi connectivity index (χ1) is 13.2. The fourth-order valence-electron chi connectivity index (χ4n) is 3.15. The van der Waals surface area contributed by atoms with E-state index in [4.69, 9.17) is 18.9 Å². The van der Waals surface area contributed by atoms with E-state index >= 15 is 0 Å². The normalized spacial score (nSPS) is 28.2. The molecule has 146 valence electrons. The maximum atomic E-state index is 10.2. The van der Waals surface area contributed by atoms with E-state index < -0.39 is 30.7 Å². The molecule has 2 aromatic carbocycles. The van der Waals surface area contributed by atoms with Gasteiger partial charge in [-0.1, -0.05) is 60.7 Å². The Morgan fingerprint density at radius 3 is 2.04 bits per heavy atom. The van der Waals surface area contributed by atoms with Crippen LogP contribution < -0.4 is 0 Å². The summed E-state index contributed by atoms with van der Waals surface area (Å²) in [7, 11) is 1.48. The van der Waals surface area contributed by atoms with Gasteiger partial charge in [-0.25, -0.2) is 0 Å². The van der Waals surface area contributed by atoms with Gasteiger partial charge in [0.2, 0.25) is 0 Å². The fraction of sp³-hybridized carbons (Fsp3) is 0.429. The zero-order chi connectivity index (χ0) is 19.1. The van der Waals surface area contributed by atoms with Crippen LogP contribution in [0.2, 0.25) is 0 Å². The molecule has 1 aliphatic rings. The minimum atomic E-state index is -1.35. The maximum Gasteiger partial charge on any atom is 0.184 e. The summed E-state index contributed by atoms with van der Waals surface area (Å²) < 4.78 is 22.7. The first-order valence-corrected chi connectivity index (χ1v) is 9.00. The van der Waals surface area contributed by atoms with E-state index in [1.165, 1.54) is 7.11 Å². The van der Waals surface area contributed by atoms with E-state index in [1.54, 1.807) is 0 Å².